The monoisotopic (exact) mass is 417 g/mol. The molecule has 158 valence electrons. The van der Waals surface area contributed by atoms with E-state index in [1.807, 2.05) is 55.6 Å². The van der Waals surface area contributed by atoms with Crippen LogP contribution in [0.3, 0.4) is 0 Å². The molecule has 2 heterocycles. The van der Waals surface area contributed by atoms with Crippen molar-refractivity contribution >= 4 is 16.9 Å². The number of nitrogens with one attached hydrogen (secondary N) is 1. The minimum Gasteiger partial charge on any atom is -0.497 e. The Morgan fingerprint density at radius 1 is 1.19 bits per heavy atom. The minimum atomic E-state index is -0.421. The average molecular weight is 417 g/mol. The lowest BCUT2D eigenvalue weighted by atomic mass is 10.0. The van der Waals surface area contributed by atoms with Crippen LogP contribution in [-0.4, -0.2) is 22.8 Å². The summed E-state index contributed by atoms with van der Waals surface area (Å²) in [5.41, 5.74) is 3.26. The highest BCUT2D eigenvalue weighted by Gasteiger charge is 2.14. The Hall–Kier alpha value is -3.87. The van der Waals surface area contributed by atoms with Gasteiger partial charge in [-0.1, -0.05) is 18.2 Å². The number of nitrogens with zero attached hydrogens (tertiary/aromatic N) is 2. The molecule has 0 bridgehead atoms. The van der Waals surface area contributed by atoms with E-state index in [0.717, 1.165) is 22.2 Å². The zero-order chi connectivity index (χ0) is 21.8. The van der Waals surface area contributed by atoms with Crippen molar-refractivity contribution in [3.05, 3.63) is 88.0 Å². The Kier molecular flexibility index (Phi) is 5.84. The van der Waals surface area contributed by atoms with Crippen molar-refractivity contribution < 1.29 is 13.9 Å². The first-order valence-corrected chi connectivity index (χ1v) is 10.0. The van der Waals surface area contributed by atoms with E-state index in [1.54, 1.807) is 24.1 Å². The van der Waals surface area contributed by atoms with Crippen LogP contribution in [0.4, 0.5) is 0 Å². The molecular formula is C24H23N3O4. The molecule has 0 aliphatic rings. The van der Waals surface area contributed by atoms with Crippen LogP contribution in [-0.2, 0) is 17.8 Å². The van der Waals surface area contributed by atoms with Crippen LogP contribution in [0.25, 0.3) is 16.7 Å². The summed E-state index contributed by atoms with van der Waals surface area (Å²) in [6.45, 7) is 2.25. The van der Waals surface area contributed by atoms with Crippen molar-refractivity contribution in [1.82, 2.24) is 15.1 Å². The van der Waals surface area contributed by atoms with Gasteiger partial charge in [0.2, 0.25) is 5.91 Å². The third kappa shape index (κ3) is 4.35. The predicted octanol–water partition coefficient (Wildman–Crippen LogP) is 3.54. The van der Waals surface area contributed by atoms with Crippen LogP contribution in [0.1, 0.15) is 23.1 Å². The summed E-state index contributed by atoms with van der Waals surface area (Å²) in [5, 5.41) is 8.03. The molecule has 0 aliphatic heterocycles. The smallest absolute Gasteiger partial charge is 0.339 e. The summed E-state index contributed by atoms with van der Waals surface area (Å²) in [6.07, 6.45) is 4.07. The summed E-state index contributed by atoms with van der Waals surface area (Å²) < 4.78 is 12.4. The zero-order valence-corrected chi connectivity index (χ0v) is 17.4. The van der Waals surface area contributed by atoms with Crippen molar-refractivity contribution in [2.75, 3.05) is 7.11 Å². The Balaban J connectivity index is 1.44. The van der Waals surface area contributed by atoms with Gasteiger partial charge < -0.3 is 14.5 Å². The molecule has 0 aliphatic carbocycles. The highest BCUT2D eigenvalue weighted by atomic mass is 16.5. The van der Waals surface area contributed by atoms with Gasteiger partial charge in [-0.3, -0.25) is 4.79 Å². The number of methoxy groups -OCH3 is 1. The molecule has 0 atom stereocenters. The fraction of sp³-hybridized carbons (Fsp3) is 0.208. The molecule has 2 aromatic heterocycles. The van der Waals surface area contributed by atoms with Crippen molar-refractivity contribution in [3.8, 4) is 11.4 Å². The molecule has 0 unspecified atom stereocenters. The number of carbonyl (C=O) groups is 1. The normalized spacial score (nSPS) is 10.9. The van der Waals surface area contributed by atoms with Gasteiger partial charge in [0.15, 0.2) is 0 Å². The van der Waals surface area contributed by atoms with E-state index in [4.69, 9.17) is 9.15 Å². The number of ether oxygens (including phenoxy) is 1. The fourth-order valence-corrected chi connectivity index (χ4v) is 3.61. The molecule has 0 saturated carbocycles. The number of carbonyl (C=O) groups excluding carboxylic acids is 1. The molecule has 4 rings (SSSR count). The first-order valence-electron chi connectivity index (χ1n) is 10.0. The molecule has 7 nitrogen and oxygen atoms in total. The van der Waals surface area contributed by atoms with E-state index in [9.17, 15) is 9.59 Å². The predicted molar refractivity (Wildman–Crippen MR) is 118 cm³/mol. The Morgan fingerprint density at radius 3 is 2.81 bits per heavy atom. The van der Waals surface area contributed by atoms with E-state index in [1.165, 1.54) is 0 Å². The average Bonchev–Trinajstić information content (AvgIpc) is 3.32. The van der Waals surface area contributed by atoms with E-state index in [0.29, 0.717) is 29.9 Å². The standard InChI is InChI=1S/C24H23N3O4/c1-16-19-9-8-18(30-2)14-22(19)31-24(29)20(16)10-11-23(28)25-15-17-6-3-4-7-21(17)27-13-5-12-26-27/h3-9,12-14H,10-11,15H2,1-2H3,(H,25,28). The number of aryl methyl sites for hydroxylation is 1. The third-order valence-electron chi connectivity index (χ3n) is 5.32. The number of amides is 1. The van der Waals surface area contributed by atoms with E-state index in [2.05, 4.69) is 10.4 Å². The molecule has 7 heteroatoms. The third-order valence-corrected chi connectivity index (χ3v) is 5.32. The molecule has 0 spiro atoms. The van der Waals surface area contributed by atoms with Gasteiger partial charge in [0, 0.05) is 42.4 Å². The molecule has 1 amide bonds. The lowest BCUT2D eigenvalue weighted by molar-refractivity contribution is -0.121. The van der Waals surface area contributed by atoms with Crippen LogP contribution >= 0.6 is 0 Å². The van der Waals surface area contributed by atoms with Gasteiger partial charge in [0.05, 0.1) is 12.8 Å². The Morgan fingerprint density at radius 2 is 2.03 bits per heavy atom. The molecule has 1 N–H and O–H groups in total. The molecule has 0 radical (unpaired) electrons. The van der Waals surface area contributed by atoms with Crippen molar-refractivity contribution in [2.24, 2.45) is 0 Å². The highest BCUT2D eigenvalue weighted by Crippen LogP contribution is 2.24. The lowest BCUT2D eigenvalue weighted by Crippen LogP contribution is -2.24. The molecular weight excluding hydrogens is 394 g/mol. The maximum Gasteiger partial charge on any atom is 0.339 e. The molecule has 2 aromatic carbocycles. The number of rotatable bonds is 7. The molecule has 31 heavy (non-hydrogen) atoms. The second-order valence-electron chi connectivity index (χ2n) is 7.21. The highest BCUT2D eigenvalue weighted by molar-refractivity contribution is 5.82. The van der Waals surface area contributed by atoms with Gasteiger partial charge in [0.25, 0.3) is 0 Å². The van der Waals surface area contributed by atoms with Gasteiger partial charge in [-0.05, 0) is 48.7 Å². The molecule has 0 fully saturated rings. The fourth-order valence-electron chi connectivity index (χ4n) is 3.61. The van der Waals surface area contributed by atoms with Gasteiger partial charge >= 0.3 is 5.63 Å². The number of hydrogen-bond acceptors (Lipinski definition) is 5. The van der Waals surface area contributed by atoms with Crippen LogP contribution in [0.15, 0.2) is 70.1 Å². The molecule has 0 saturated heterocycles. The Bertz CT molecular complexity index is 1280. The summed E-state index contributed by atoms with van der Waals surface area (Å²) in [6, 6.07) is 15.0. The van der Waals surface area contributed by atoms with Crippen LogP contribution in [0.5, 0.6) is 5.75 Å². The topological polar surface area (TPSA) is 86.4 Å². The summed E-state index contributed by atoms with van der Waals surface area (Å²) in [5.74, 6) is 0.487. The first kappa shape index (κ1) is 20.4. The summed E-state index contributed by atoms with van der Waals surface area (Å²) in [4.78, 5) is 24.9. The summed E-state index contributed by atoms with van der Waals surface area (Å²) >= 11 is 0. The van der Waals surface area contributed by atoms with Gasteiger partial charge in [-0.25, -0.2) is 9.48 Å². The van der Waals surface area contributed by atoms with Crippen LogP contribution in [0.2, 0.25) is 0 Å². The maximum absolute atomic E-state index is 12.5. The van der Waals surface area contributed by atoms with Crippen LogP contribution < -0.4 is 15.7 Å². The molecule has 4 aromatic rings. The second-order valence-corrected chi connectivity index (χ2v) is 7.21. The van der Waals surface area contributed by atoms with Crippen molar-refractivity contribution in [3.63, 3.8) is 0 Å². The second kappa shape index (κ2) is 8.87. The number of aromatic nitrogens is 2. The minimum absolute atomic E-state index is 0.135. The maximum atomic E-state index is 12.5. The van der Waals surface area contributed by atoms with E-state index >= 15 is 0 Å². The summed E-state index contributed by atoms with van der Waals surface area (Å²) in [7, 11) is 1.56. The number of fused-ring (bicyclic) bond motifs is 1. The largest absolute Gasteiger partial charge is 0.497 e. The van der Waals surface area contributed by atoms with Crippen molar-refractivity contribution in [2.45, 2.75) is 26.3 Å². The van der Waals surface area contributed by atoms with Gasteiger partial charge in [-0.2, -0.15) is 5.10 Å². The lowest BCUT2D eigenvalue weighted by Gasteiger charge is -2.11. The van der Waals surface area contributed by atoms with E-state index < -0.39 is 5.63 Å². The van der Waals surface area contributed by atoms with Crippen molar-refractivity contribution in [1.29, 1.82) is 0 Å². The van der Waals surface area contributed by atoms with Gasteiger partial charge in [-0.15, -0.1) is 0 Å². The zero-order valence-electron chi connectivity index (χ0n) is 17.4. The quantitative estimate of drug-likeness (QED) is 0.465. The van der Waals surface area contributed by atoms with E-state index in [-0.39, 0.29) is 12.3 Å². The van der Waals surface area contributed by atoms with Gasteiger partial charge in [0.1, 0.15) is 11.3 Å². The number of benzene rings is 2. The number of hydrogen-bond donors (Lipinski definition) is 1. The SMILES string of the molecule is COc1ccc2c(C)c(CCC(=O)NCc3ccccc3-n3cccn3)c(=O)oc2c1. The van der Waals surface area contributed by atoms with Crippen LogP contribution in [0, 0.1) is 6.92 Å². The number of para-hydroxylation sites is 1. The first-order chi connectivity index (χ1) is 15.1. The Labute approximate surface area is 179 Å².